The second kappa shape index (κ2) is 11.2. The van der Waals surface area contributed by atoms with Crippen molar-refractivity contribution in [1.29, 1.82) is 0 Å². The number of hydrogen-bond acceptors (Lipinski definition) is 6. The normalized spacial score (nSPS) is 10.2. The van der Waals surface area contributed by atoms with Crippen LogP contribution in [0, 0.1) is 0 Å². The van der Waals surface area contributed by atoms with Crippen molar-refractivity contribution in [2.75, 3.05) is 20.3 Å². The van der Waals surface area contributed by atoms with Gasteiger partial charge in [-0.15, -0.1) is 0 Å². The van der Waals surface area contributed by atoms with Gasteiger partial charge < -0.3 is 14.2 Å². The standard InChI is InChI=1S/C19H26O6/c1-14(20)16-7-9-18(17(13-16)8-10-19(22)23-3)25-12-6-4-5-11-24-15(2)21/h7,9,13H,4-6,8,10-12H2,1-3H3. The summed E-state index contributed by atoms with van der Waals surface area (Å²) in [4.78, 5) is 33.6. The minimum Gasteiger partial charge on any atom is -0.493 e. The third kappa shape index (κ3) is 8.33. The highest BCUT2D eigenvalue weighted by molar-refractivity contribution is 5.94. The van der Waals surface area contributed by atoms with Gasteiger partial charge in [0.05, 0.1) is 20.3 Å². The van der Waals surface area contributed by atoms with E-state index in [4.69, 9.17) is 9.47 Å². The van der Waals surface area contributed by atoms with Gasteiger partial charge in [0, 0.05) is 18.9 Å². The highest BCUT2D eigenvalue weighted by atomic mass is 16.5. The van der Waals surface area contributed by atoms with Crippen molar-refractivity contribution < 1.29 is 28.6 Å². The molecule has 25 heavy (non-hydrogen) atoms. The summed E-state index contributed by atoms with van der Waals surface area (Å²) in [6, 6.07) is 5.25. The number of hydrogen-bond donors (Lipinski definition) is 0. The summed E-state index contributed by atoms with van der Waals surface area (Å²) in [5.74, 6) is 0.0759. The van der Waals surface area contributed by atoms with Crippen molar-refractivity contribution in [2.45, 2.75) is 46.0 Å². The lowest BCUT2D eigenvalue weighted by Gasteiger charge is -2.12. The lowest BCUT2D eigenvalue weighted by Crippen LogP contribution is -2.06. The molecule has 0 bridgehead atoms. The van der Waals surface area contributed by atoms with Crippen LogP contribution in [0.2, 0.25) is 0 Å². The Kier molecular flexibility index (Phi) is 9.29. The summed E-state index contributed by atoms with van der Waals surface area (Å²) in [5, 5.41) is 0. The number of benzene rings is 1. The second-order valence-electron chi connectivity index (χ2n) is 5.70. The molecule has 0 radical (unpaired) electrons. The molecule has 0 N–H and O–H groups in total. The first kappa shape index (κ1) is 20.7. The smallest absolute Gasteiger partial charge is 0.305 e. The van der Waals surface area contributed by atoms with E-state index in [1.807, 2.05) is 0 Å². The zero-order valence-electron chi connectivity index (χ0n) is 15.1. The number of Topliss-reactive ketones (excluding diaryl/α,β-unsaturated/α-hetero) is 1. The molecule has 0 aromatic heterocycles. The molecule has 138 valence electrons. The molecule has 0 aliphatic rings. The maximum atomic E-state index is 11.5. The predicted molar refractivity (Wildman–Crippen MR) is 92.8 cm³/mol. The van der Waals surface area contributed by atoms with Gasteiger partial charge in [-0.2, -0.15) is 0 Å². The maximum Gasteiger partial charge on any atom is 0.305 e. The monoisotopic (exact) mass is 350 g/mol. The lowest BCUT2D eigenvalue weighted by molar-refractivity contribution is -0.141. The number of carbonyl (C=O) groups is 3. The van der Waals surface area contributed by atoms with E-state index >= 15 is 0 Å². The SMILES string of the molecule is COC(=O)CCc1cc(C(C)=O)ccc1OCCCCCOC(C)=O. The van der Waals surface area contributed by atoms with E-state index in [9.17, 15) is 14.4 Å². The van der Waals surface area contributed by atoms with E-state index < -0.39 is 0 Å². The first-order chi connectivity index (χ1) is 11.9. The maximum absolute atomic E-state index is 11.5. The second-order valence-corrected chi connectivity index (χ2v) is 5.70. The highest BCUT2D eigenvalue weighted by Gasteiger charge is 2.10. The first-order valence-electron chi connectivity index (χ1n) is 8.41. The molecule has 0 saturated heterocycles. The van der Waals surface area contributed by atoms with Crippen molar-refractivity contribution in [2.24, 2.45) is 0 Å². The minimum absolute atomic E-state index is 0.0312. The molecular formula is C19H26O6. The zero-order valence-corrected chi connectivity index (χ0v) is 15.1. The van der Waals surface area contributed by atoms with Gasteiger partial charge in [0.2, 0.25) is 0 Å². The summed E-state index contributed by atoms with van der Waals surface area (Å²) >= 11 is 0. The average molecular weight is 350 g/mol. The van der Waals surface area contributed by atoms with Crippen molar-refractivity contribution in [3.63, 3.8) is 0 Å². The van der Waals surface area contributed by atoms with Crippen LogP contribution in [0.15, 0.2) is 18.2 Å². The first-order valence-corrected chi connectivity index (χ1v) is 8.41. The number of esters is 2. The van der Waals surface area contributed by atoms with Crippen LogP contribution in [0.3, 0.4) is 0 Å². The lowest BCUT2D eigenvalue weighted by atomic mass is 10.0. The van der Waals surface area contributed by atoms with E-state index in [2.05, 4.69) is 4.74 Å². The summed E-state index contributed by atoms with van der Waals surface area (Å²) in [6.45, 7) is 3.84. The zero-order chi connectivity index (χ0) is 18.7. The number of ketones is 1. The van der Waals surface area contributed by atoms with E-state index in [1.54, 1.807) is 18.2 Å². The molecule has 1 aromatic carbocycles. The van der Waals surface area contributed by atoms with E-state index in [0.29, 0.717) is 30.9 Å². The number of aryl methyl sites for hydroxylation is 1. The van der Waals surface area contributed by atoms with Gasteiger partial charge in [-0.3, -0.25) is 14.4 Å². The minimum atomic E-state index is -0.301. The third-order valence-electron chi connectivity index (χ3n) is 3.64. The predicted octanol–water partition coefficient (Wildman–Crippen LogP) is 3.11. The molecule has 6 nitrogen and oxygen atoms in total. The van der Waals surface area contributed by atoms with Gasteiger partial charge in [0.15, 0.2) is 5.78 Å². The molecule has 6 heteroatoms. The van der Waals surface area contributed by atoms with Gasteiger partial charge in [-0.05, 0) is 56.4 Å². The Balaban J connectivity index is 2.54. The number of methoxy groups -OCH3 is 1. The molecular weight excluding hydrogens is 324 g/mol. The topological polar surface area (TPSA) is 78.9 Å². The Morgan fingerprint density at radius 1 is 1.00 bits per heavy atom. The van der Waals surface area contributed by atoms with Crippen molar-refractivity contribution in [1.82, 2.24) is 0 Å². The highest BCUT2D eigenvalue weighted by Crippen LogP contribution is 2.23. The van der Waals surface area contributed by atoms with Gasteiger partial charge >= 0.3 is 11.9 Å². The van der Waals surface area contributed by atoms with Crippen LogP contribution in [0.5, 0.6) is 5.75 Å². The molecule has 1 aromatic rings. The van der Waals surface area contributed by atoms with E-state index in [0.717, 1.165) is 24.8 Å². The van der Waals surface area contributed by atoms with E-state index in [-0.39, 0.29) is 24.1 Å². The molecule has 0 aliphatic carbocycles. The van der Waals surface area contributed by atoms with E-state index in [1.165, 1.54) is 21.0 Å². The van der Waals surface area contributed by atoms with Crippen molar-refractivity contribution in [3.05, 3.63) is 29.3 Å². The Morgan fingerprint density at radius 3 is 2.36 bits per heavy atom. The van der Waals surface area contributed by atoms with Crippen LogP contribution in [-0.4, -0.2) is 38.0 Å². The fourth-order valence-electron chi connectivity index (χ4n) is 2.25. The summed E-state index contributed by atoms with van der Waals surface area (Å²) in [5.41, 5.74) is 1.41. The summed E-state index contributed by atoms with van der Waals surface area (Å²) in [6.07, 6.45) is 3.19. The Hall–Kier alpha value is -2.37. The quantitative estimate of drug-likeness (QED) is 0.347. The molecule has 0 heterocycles. The number of unbranched alkanes of at least 4 members (excludes halogenated alkanes) is 2. The van der Waals surface area contributed by atoms with Crippen LogP contribution in [-0.2, 0) is 25.5 Å². The molecule has 0 unspecified atom stereocenters. The fraction of sp³-hybridized carbons (Fsp3) is 0.526. The Labute approximate surface area is 148 Å². The van der Waals surface area contributed by atoms with Gasteiger partial charge in [-0.25, -0.2) is 0 Å². The van der Waals surface area contributed by atoms with Crippen LogP contribution in [0.4, 0.5) is 0 Å². The number of rotatable bonds is 11. The Bertz CT molecular complexity index is 594. The summed E-state index contributed by atoms with van der Waals surface area (Å²) in [7, 11) is 1.35. The molecule has 0 atom stereocenters. The van der Waals surface area contributed by atoms with Gasteiger partial charge in [-0.1, -0.05) is 0 Å². The van der Waals surface area contributed by atoms with Crippen molar-refractivity contribution >= 4 is 17.7 Å². The largest absolute Gasteiger partial charge is 0.493 e. The molecule has 1 rings (SSSR count). The molecule has 0 spiro atoms. The Morgan fingerprint density at radius 2 is 1.72 bits per heavy atom. The van der Waals surface area contributed by atoms with Crippen LogP contribution >= 0.6 is 0 Å². The summed E-state index contributed by atoms with van der Waals surface area (Å²) < 4.78 is 15.3. The van der Waals surface area contributed by atoms with Crippen molar-refractivity contribution in [3.8, 4) is 5.75 Å². The van der Waals surface area contributed by atoms with Crippen LogP contribution in [0.1, 0.15) is 55.5 Å². The molecule has 0 fully saturated rings. The molecule has 0 saturated carbocycles. The molecule has 0 amide bonds. The number of carbonyl (C=O) groups excluding carboxylic acids is 3. The van der Waals surface area contributed by atoms with Crippen LogP contribution in [0.25, 0.3) is 0 Å². The number of ether oxygens (including phenoxy) is 3. The fourth-order valence-corrected chi connectivity index (χ4v) is 2.25. The average Bonchev–Trinajstić information content (AvgIpc) is 2.58. The molecule has 0 aliphatic heterocycles. The van der Waals surface area contributed by atoms with Gasteiger partial charge in [0.1, 0.15) is 5.75 Å². The van der Waals surface area contributed by atoms with Crippen LogP contribution < -0.4 is 4.74 Å². The third-order valence-corrected chi connectivity index (χ3v) is 3.64. The van der Waals surface area contributed by atoms with Gasteiger partial charge in [0.25, 0.3) is 0 Å².